The summed E-state index contributed by atoms with van der Waals surface area (Å²) < 4.78 is 5.27. The van der Waals surface area contributed by atoms with Gasteiger partial charge in [-0.3, -0.25) is 9.69 Å². The number of anilines is 1. The summed E-state index contributed by atoms with van der Waals surface area (Å²) in [6.07, 6.45) is -0.392. The van der Waals surface area contributed by atoms with E-state index in [-0.39, 0.29) is 5.91 Å². The van der Waals surface area contributed by atoms with Crippen LogP contribution < -0.4 is 4.90 Å². The molecule has 0 spiro atoms. The Kier molecular flexibility index (Phi) is 3.47. The molecule has 0 saturated carbocycles. The van der Waals surface area contributed by atoms with Crippen molar-refractivity contribution in [1.29, 1.82) is 0 Å². The first-order valence-corrected chi connectivity index (χ1v) is 7.43. The Balaban J connectivity index is 1.82. The maximum absolute atomic E-state index is 12.5. The number of cyclic esters (lactones) is 1. The molecule has 0 fully saturated rings. The largest absolute Gasteiger partial charge is 0.448 e. The molecule has 0 saturated heterocycles. The number of aryl methyl sites for hydroxylation is 1. The second-order valence-corrected chi connectivity index (χ2v) is 5.76. The Bertz CT molecular complexity index is 710. The molecule has 1 amide bonds. The highest BCUT2D eigenvalue weighted by atomic mass is 32.1. The average Bonchev–Trinajstić information content (AvgIpc) is 2.92. The van der Waals surface area contributed by atoms with Gasteiger partial charge in [0.15, 0.2) is 11.2 Å². The minimum Gasteiger partial charge on any atom is -0.448 e. The molecular weight excluding hydrogens is 288 g/mol. The van der Waals surface area contributed by atoms with Crippen LogP contribution in [0.25, 0.3) is 0 Å². The van der Waals surface area contributed by atoms with Crippen molar-refractivity contribution in [3.63, 3.8) is 0 Å². The number of benzene rings is 1. The lowest BCUT2D eigenvalue weighted by atomic mass is 9.98. The Morgan fingerprint density at radius 3 is 2.90 bits per heavy atom. The number of hydrogen-bond donors (Lipinski definition) is 0. The van der Waals surface area contributed by atoms with E-state index in [1.807, 2.05) is 24.4 Å². The Morgan fingerprint density at radius 2 is 2.19 bits per heavy atom. The minimum absolute atomic E-state index is 0.257. The number of ether oxygens (including phenoxy) is 1. The van der Waals surface area contributed by atoms with Crippen LogP contribution in [0.4, 0.5) is 5.13 Å². The third kappa shape index (κ3) is 2.54. The number of amides is 1. The predicted molar refractivity (Wildman–Crippen MR) is 79.6 cm³/mol. The van der Waals surface area contributed by atoms with Gasteiger partial charge in [-0.2, -0.15) is 0 Å². The lowest BCUT2D eigenvalue weighted by Crippen LogP contribution is -2.42. The van der Waals surface area contributed by atoms with Crippen molar-refractivity contribution in [2.24, 2.45) is 0 Å². The number of aromatic nitrogens is 1. The van der Waals surface area contributed by atoms with Gasteiger partial charge in [0.05, 0.1) is 11.3 Å². The van der Waals surface area contributed by atoms with Crippen LogP contribution in [-0.2, 0) is 16.0 Å². The molecule has 0 N–H and O–H groups in total. The van der Waals surface area contributed by atoms with E-state index in [1.165, 1.54) is 16.2 Å². The standard InChI is InChI=1S/C15H14N2O3S/c1-9-8-21-15(16-9)17(2)13(18)12-7-10-5-3-4-6-11(10)14(19)20-12/h3-6,8,12H,7H2,1-2H3/t12-/m0/s1. The summed E-state index contributed by atoms with van der Waals surface area (Å²) in [5.74, 6) is -0.703. The fourth-order valence-electron chi connectivity index (χ4n) is 2.28. The molecule has 2 aromatic rings. The summed E-state index contributed by atoms with van der Waals surface area (Å²) >= 11 is 1.39. The van der Waals surface area contributed by atoms with E-state index in [1.54, 1.807) is 19.2 Å². The molecule has 2 heterocycles. The minimum atomic E-state index is -0.790. The maximum Gasteiger partial charge on any atom is 0.339 e. The van der Waals surface area contributed by atoms with Crippen LogP contribution in [0.2, 0.25) is 0 Å². The van der Waals surface area contributed by atoms with Gasteiger partial charge >= 0.3 is 5.97 Å². The number of nitrogens with zero attached hydrogens (tertiary/aromatic N) is 2. The zero-order chi connectivity index (χ0) is 15.0. The first-order valence-electron chi connectivity index (χ1n) is 6.55. The molecular formula is C15H14N2O3S. The normalized spacial score (nSPS) is 17.0. The van der Waals surface area contributed by atoms with Crippen LogP contribution in [0.5, 0.6) is 0 Å². The molecule has 1 aromatic carbocycles. The molecule has 21 heavy (non-hydrogen) atoms. The van der Waals surface area contributed by atoms with Crippen molar-refractivity contribution in [1.82, 2.24) is 4.98 Å². The number of hydrogen-bond acceptors (Lipinski definition) is 5. The summed E-state index contributed by atoms with van der Waals surface area (Å²) in [5.41, 5.74) is 2.24. The van der Waals surface area contributed by atoms with Gasteiger partial charge in [0.2, 0.25) is 0 Å². The summed E-state index contributed by atoms with van der Waals surface area (Å²) in [6, 6.07) is 7.20. The van der Waals surface area contributed by atoms with Gasteiger partial charge in [0.25, 0.3) is 5.91 Å². The van der Waals surface area contributed by atoms with Crippen LogP contribution >= 0.6 is 11.3 Å². The molecule has 6 heteroatoms. The van der Waals surface area contributed by atoms with Crippen molar-refractivity contribution in [3.8, 4) is 0 Å². The summed E-state index contributed by atoms with van der Waals surface area (Å²) in [5, 5.41) is 2.48. The Hall–Kier alpha value is -2.21. The molecule has 0 bridgehead atoms. The highest BCUT2D eigenvalue weighted by Crippen LogP contribution is 2.24. The molecule has 0 radical (unpaired) electrons. The molecule has 108 valence electrons. The van der Waals surface area contributed by atoms with E-state index in [4.69, 9.17) is 4.74 Å². The van der Waals surface area contributed by atoms with Gasteiger partial charge in [-0.15, -0.1) is 11.3 Å². The topological polar surface area (TPSA) is 59.5 Å². The molecule has 1 aliphatic rings. The quantitative estimate of drug-likeness (QED) is 0.798. The first kappa shape index (κ1) is 13.8. The van der Waals surface area contributed by atoms with Crippen molar-refractivity contribution in [2.45, 2.75) is 19.4 Å². The van der Waals surface area contributed by atoms with E-state index in [0.29, 0.717) is 17.1 Å². The van der Waals surface area contributed by atoms with E-state index in [2.05, 4.69) is 4.98 Å². The zero-order valence-corrected chi connectivity index (χ0v) is 12.5. The van der Waals surface area contributed by atoms with Crippen LogP contribution in [-0.4, -0.2) is 30.0 Å². The van der Waals surface area contributed by atoms with E-state index in [9.17, 15) is 9.59 Å². The van der Waals surface area contributed by atoms with Crippen LogP contribution in [0.15, 0.2) is 29.6 Å². The number of rotatable bonds is 2. The summed E-state index contributed by atoms with van der Waals surface area (Å²) in [7, 11) is 1.65. The highest BCUT2D eigenvalue weighted by Gasteiger charge is 2.33. The first-order chi connectivity index (χ1) is 10.1. The number of carbonyl (C=O) groups excluding carboxylic acids is 2. The summed E-state index contributed by atoms with van der Waals surface area (Å²) in [6.45, 7) is 1.87. The SMILES string of the molecule is Cc1csc(N(C)C(=O)[C@@H]2Cc3ccccc3C(=O)O2)n1. The maximum atomic E-state index is 12.5. The molecule has 1 atom stereocenters. The highest BCUT2D eigenvalue weighted by molar-refractivity contribution is 7.14. The molecule has 5 nitrogen and oxygen atoms in total. The molecule has 3 rings (SSSR count). The smallest absolute Gasteiger partial charge is 0.339 e. The Labute approximate surface area is 126 Å². The molecule has 1 aliphatic heterocycles. The van der Waals surface area contributed by atoms with Gasteiger partial charge in [0.1, 0.15) is 0 Å². The molecule has 1 aromatic heterocycles. The second kappa shape index (κ2) is 5.29. The van der Waals surface area contributed by atoms with Gasteiger partial charge in [0, 0.05) is 18.8 Å². The monoisotopic (exact) mass is 302 g/mol. The fraction of sp³-hybridized carbons (Fsp3) is 0.267. The third-order valence-electron chi connectivity index (χ3n) is 3.39. The van der Waals surface area contributed by atoms with Gasteiger partial charge in [-0.1, -0.05) is 18.2 Å². The van der Waals surface area contributed by atoms with E-state index >= 15 is 0 Å². The van der Waals surface area contributed by atoms with E-state index < -0.39 is 12.1 Å². The van der Waals surface area contributed by atoms with Crippen molar-refractivity contribution >= 4 is 28.3 Å². The lowest BCUT2D eigenvalue weighted by Gasteiger charge is -2.26. The van der Waals surface area contributed by atoms with Gasteiger partial charge < -0.3 is 4.74 Å². The fourth-order valence-corrected chi connectivity index (χ4v) is 3.05. The number of esters is 1. The van der Waals surface area contributed by atoms with Crippen LogP contribution in [0, 0.1) is 6.92 Å². The second-order valence-electron chi connectivity index (χ2n) is 4.92. The number of likely N-dealkylation sites (N-methyl/N-ethyl adjacent to an activating group) is 1. The molecule has 0 unspecified atom stereocenters. The lowest BCUT2D eigenvalue weighted by molar-refractivity contribution is -0.127. The van der Waals surface area contributed by atoms with Gasteiger partial charge in [-0.25, -0.2) is 9.78 Å². The van der Waals surface area contributed by atoms with Crippen LogP contribution in [0.1, 0.15) is 21.6 Å². The predicted octanol–water partition coefficient (Wildman–Crippen LogP) is 2.20. The third-order valence-corrected chi connectivity index (χ3v) is 4.43. The number of fused-ring (bicyclic) bond motifs is 1. The zero-order valence-electron chi connectivity index (χ0n) is 11.7. The van der Waals surface area contributed by atoms with Crippen molar-refractivity contribution < 1.29 is 14.3 Å². The number of carbonyl (C=O) groups is 2. The summed E-state index contributed by atoms with van der Waals surface area (Å²) in [4.78, 5) is 30.2. The number of thiazole rings is 1. The van der Waals surface area contributed by atoms with Crippen LogP contribution in [0.3, 0.4) is 0 Å². The van der Waals surface area contributed by atoms with Crippen molar-refractivity contribution in [2.75, 3.05) is 11.9 Å². The van der Waals surface area contributed by atoms with Gasteiger partial charge in [-0.05, 0) is 18.6 Å². The van der Waals surface area contributed by atoms with E-state index in [0.717, 1.165) is 11.3 Å². The van der Waals surface area contributed by atoms with Crippen molar-refractivity contribution in [3.05, 3.63) is 46.5 Å². The Morgan fingerprint density at radius 1 is 1.43 bits per heavy atom. The average molecular weight is 302 g/mol. The molecule has 0 aliphatic carbocycles.